The van der Waals surface area contributed by atoms with Crippen molar-refractivity contribution in [2.24, 2.45) is 0 Å². The van der Waals surface area contributed by atoms with Crippen molar-refractivity contribution in [3.63, 3.8) is 0 Å². The van der Waals surface area contributed by atoms with Crippen molar-refractivity contribution in [1.82, 2.24) is 20.4 Å². The third-order valence-electron chi connectivity index (χ3n) is 3.17. The molecule has 0 aliphatic carbocycles. The molecule has 0 spiro atoms. The highest BCUT2D eigenvalue weighted by molar-refractivity contribution is 5.58. The van der Waals surface area contributed by atoms with Gasteiger partial charge >= 0.3 is 0 Å². The molecule has 0 aromatic carbocycles. The van der Waals surface area contributed by atoms with Gasteiger partial charge < -0.3 is 14.6 Å². The topological polar surface area (TPSA) is 73.1 Å². The molecule has 2 aromatic heterocycles. The molecule has 1 aliphatic heterocycles. The van der Waals surface area contributed by atoms with Crippen LogP contribution < -0.4 is 5.32 Å². The zero-order valence-electron chi connectivity index (χ0n) is 10.8. The molecule has 2 aromatic rings. The van der Waals surface area contributed by atoms with E-state index in [1.165, 1.54) is 0 Å². The first kappa shape index (κ1) is 12.3. The molecule has 3 heterocycles. The van der Waals surface area contributed by atoms with Crippen LogP contribution in [0.15, 0.2) is 23.0 Å². The minimum Gasteiger partial charge on any atom is -0.366 e. The Balaban J connectivity index is 1.88. The summed E-state index contributed by atoms with van der Waals surface area (Å²) in [5, 5.41) is 7.29. The van der Waals surface area contributed by atoms with E-state index in [0.717, 1.165) is 24.1 Å². The molecule has 1 saturated heterocycles. The average Bonchev–Trinajstić information content (AvgIpc) is 2.98. The highest BCUT2D eigenvalue weighted by Gasteiger charge is 2.23. The van der Waals surface area contributed by atoms with Gasteiger partial charge in [-0.05, 0) is 18.1 Å². The molecule has 0 amide bonds. The summed E-state index contributed by atoms with van der Waals surface area (Å²) in [7, 11) is 0. The fourth-order valence-electron chi connectivity index (χ4n) is 2.13. The molecular weight excluding hydrogens is 244 g/mol. The van der Waals surface area contributed by atoms with Gasteiger partial charge in [0.25, 0.3) is 5.89 Å². The number of aromatic nitrogens is 3. The normalized spacial score (nSPS) is 19.5. The molecule has 6 nitrogen and oxygen atoms in total. The summed E-state index contributed by atoms with van der Waals surface area (Å²) < 4.78 is 10.9. The second kappa shape index (κ2) is 5.46. The lowest BCUT2D eigenvalue weighted by Crippen LogP contribution is -2.33. The first-order chi connectivity index (χ1) is 9.38. The molecular formula is C13H16N4O2. The van der Waals surface area contributed by atoms with Crippen LogP contribution in [0.1, 0.15) is 24.5 Å². The molecule has 100 valence electrons. The zero-order chi connectivity index (χ0) is 13.1. The summed E-state index contributed by atoms with van der Waals surface area (Å²) >= 11 is 0. The highest BCUT2D eigenvalue weighted by Crippen LogP contribution is 2.23. The lowest BCUT2D eigenvalue weighted by atomic mass is 10.1. The number of nitrogens with one attached hydrogen (secondary N) is 1. The maximum Gasteiger partial charge on any atom is 0.257 e. The van der Waals surface area contributed by atoms with E-state index in [1.807, 2.05) is 12.3 Å². The Morgan fingerprint density at radius 2 is 2.42 bits per heavy atom. The van der Waals surface area contributed by atoms with Crippen LogP contribution in [0.25, 0.3) is 11.4 Å². The molecule has 1 N–H and O–H groups in total. The molecule has 0 saturated carbocycles. The third-order valence-corrected chi connectivity index (χ3v) is 3.17. The molecule has 1 unspecified atom stereocenters. The van der Waals surface area contributed by atoms with Gasteiger partial charge in [-0.2, -0.15) is 4.98 Å². The maximum absolute atomic E-state index is 5.60. The molecule has 1 aliphatic rings. The van der Waals surface area contributed by atoms with Crippen molar-refractivity contribution in [2.45, 2.75) is 19.4 Å². The van der Waals surface area contributed by atoms with Gasteiger partial charge in [0.1, 0.15) is 6.10 Å². The Morgan fingerprint density at radius 1 is 1.47 bits per heavy atom. The van der Waals surface area contributed by atoms with Crippen LogP contribution in [0.3, 0.4) is 0 Å². The van der Waals surface area contributed by atoms with E-state index in [1.54, 1.807) is 6.20 Å². The minimum absolute atomic E-state index is 0.151. The Bertz CT molecular complexity index is 549. The lowest BCUT2D eigenvalue weighted by Gasteiger charge is -2.19. The number of nitrogens with zero attached hydrogens (tertiary/aromatic N) is 3. The number of aryl methyl sites for hydroxylation is 1. The molecule has 0 bridgehead atoms. The van der Waals surface area contributed by atoms with Gasteiger partial charge in [-0.25, -0.2) is 0 Å². The molecule has 19 heavy (non-hydrogen) atoms. The monoisotopic (exact) mass is 260 g/mol. The predicted octanol–water partition coefficient (Wildman–Crippen LogP) is 1.35. The maximum atomic E-state index is 5.60. The summed E-state index contributed by atoms with van der Waals surface area (Å²) in [6, 6.07) is 1.91. The summed E-state index contributed by atoms with van der Waals surface area (Å²) in [5.41, 5.74) is 2.08. The van der Waals surface area contributed by atoms with Gasteiger partial charge in [-0.1, -0.05) is 12.1 Å². The van der Waals surface area contributed by atoms with Crippen LogP contribution >= 0.6 is 0 Å². The summed E-state index contributed by atoms with van der Waals surface area (Å²) in [5.74, 6) is 1.13. The first-order valence-electron chi connectivity index (χ1n) is 6.47. The molecule has 0 radical (unpaired) electrons. The highest BCUT2D eigenvalue weighted by atomic mass is 16.5. The van der Waals surface area contributed by atoms with E-state index in [-0.39, 0.29) is 6.10 Å². The SMILES string of the molecule is CCc1cnccc1-c1noc(C2CNCCO2)n1. The number of hydrogen-bond acceptors (Lipinski definition) is 6. The van der Waals surface area contributed by atoms with E-state index < -0.39 is 0 Å². The van der Waals surface area contributed by atoms with Crippen molar-refractivity contribution in [1.29, 1.82) is 0 Å². The average molecular weight is 260 g/mol. The van der Waals surface area contributed by atoms with Gasteiger partial charge in [0, 0.05) is 31.0 Å². The smallest absolute Gasteiger partial charge is 0.257 e. The fraction of sp³-hybridized carbons (Fsp3) is 0.462. The fourth-order valence-corrected chi connectivity index (χ4v) is 2.13. The van der Waals surface area contributed by atoms with E-state index in [2.05, 4.69) is 27.4 Å². The van der Waals surface area contributed by atoms with E-state index in [0.29, 0.717) is 24.9 Å². The Morgan fingerprint density at radius 3 is 3.21 bits per heavy atom. The van der Waals surface area contributed by atoms with Crippen LogP contribution in [-0.4, -0.2) is 34.8 Å². The molecule has 3 rings (SSSR count). The van der Waals surface area contributed by atoms with Gasteiger partial charge in [-0.3, -0.25) is 4.98 Å². The second-order valence-corrected chi connectivity index (χ2v) is 4.41. The lowest BCUT2D eigenvalue weighted by molar-refractivity contribution is 0.00755. The van der Waals surface area contributed by atoms with Crippen molar-refractivity contribution in [2.75, 3.05) is 19.7 Å². The largest absolute Gasteiger partial charge is 0.366 e. The Kier molecular flexibility index (Phi) is 3.52. The zero-order valence-corrected chi connectivity index (χ0v) is 10.8. The number of pyridine rings is 1. The van der Waals surface area contributed by atoms with Gasteiger partial charge in [0.15, 0.2) is 0 Å². The second-order valence-electron chi connectivity index (χ2n) is 4.41. The van der Waals surface area contributed by atoms with E-state index >= 15 is 0 Å². The number of hydrogen-bond donors (Lipinski definition) is 1. The number of rotatable bonds is 3. The Hall–Kier alpha value is -1.79. The van der Waals surface area contributed by atoms with Crippen LogP contribution in [0.4, 0.5) is 0 Å². The standard InChI is InChI=1S/C13H16N4O2/c1-2-9-7-14-4-3-10(9)12-16-13(19-17-12)11-8-15-5-6-18-11/h3-4,7,11,15H,2,5-6,8H2,1H3. The van der Waals surface area contributed by atoms with Crippen LogP contribution in [0, 0.1) is 0 Å². The number of ether oxygens (including phenoxy) is 1. The molecule has 6 heteroatoms. The van der Waals surface area contributed by atoms with Gasteiger partial charge in [0.2, 0.25) is 5.82 Å². The molecule has 1 fully saturated rings. The van der Waals surface area contributed by atoms with Crippen molar-refractivity contribution in [3.8, 4) is 11.4 Å². The first-order valence-corrected chi connectivity index (χ1v) is 6.47. The quantitative estimate of drug-likeness (QED) is 0.898. The van der Waals surface area contributed by atoms with Crippen LogP contribution in [0.2, 0.25) is 0 Å². The third kappa shape index (κ3) is 2.50. The Labute approximate surface area is 111 Å². The van der Waals surface area contributed by atoms with Crippen molar-refractivity contribution >= 4 is 0 Å². The van der Waals surface area contributed by atoms with E-state index in [4.69, 9.17) is 9.26 Å². The van der Waals surface area contributed by atoms with Gasteiger partial charge in [0.05, 0.1) is 6.61 Å². The number of morpholine rings is 1. The minimum atomic E-state index is -0.151. The van der Waals surface area contributed by atoms with Crippen molar-refractivity contribution < 1.29 is 9.26 Å². The van der Waals surface area contributed by atoms with Crippen LogP contribution in [-0.2, 0) is 11.2 Å². The van der Waals surface area contributed by atoms with Crippen molar-refractivity contribution in [3.05, 3.63) is 29.9 Å². The van der Waals surface area contributed by atoms with Gasteiger partial charge in [-0.15, -0.1) is 0 Å². The van der Waals surface area contributed by atoms with Crippen LogP contribution in [0.5, 0.6) is 0 Å². The predicted molar refractivity (Wildman–Crippen MR) is 68.5 cm³/mol. The summed E-state index contributed by atoms with van der Waals surface area (Å²) in [6.45, 7) is 4.31. The molecule has 1 atom stereocenters. The van der Waals surface area contributed by atoms with E-state index in [9.17, 15) is 0 Å². The summed E-state index contributed by atoms with van der Waals surface area (Å²) in [6.07, 6.45) is 4.31. The summed E-state index contributed by atoms with van der Waals surface area (Å²) in [4.78, 5) is 8.56.